The number of rotatable bonds is 1. The summed E-state index contributed by atoms with van der Waals surface area (Å²) in [5, 5.41) is 9.80. The van der Waals surface area contributed by atoms with Gasteiger partial charge in [-0.25, -0.2) is 0 Å². The van der Waals surface area contributed by atoms with Crippen molar-refractivity contribution in [2.75, 3.05) is 13.6 Å². The van der Waals surface area contributed by atoms with Crippen LogP contribution in [0.25, 0.3) is 0 Å². The lowest BCUT2D eigenvalue weighted by Gasteiger charge is -2.39. The number of carbonyl (C=O) groups is 1. The molecule has 12 heavy (non-hydrogen) atoms. The molecule has 0 aromatic rings. The smallest absolute Gasteiger partial charge is 0.147 e. The van der Waals surface area contributed by atoms with Crippen molar-refractivity contribution < 1.29 is 9.90 Å². The first kappa shape index (κ1) is 9.24. The lowest BCUT2D eigenvalue weighted by molar-refractivity contribution is -0.121. The largest absolute Gasteiger partial charge is 0.375 e. The number of hydrogen-bond acceptors (Lipinski definition) is 3. The molecule has 0 aromatic heterocycles. The summed E-state index contributed by atoms with van der Waals surface area (Å²) in [5.41, 5.74) is -1.26. The molecule has 0 aliphatic carbocycles. The van der Waals surface area contributed by atoms with Crippen LogP contribution >= 0.6 is 0 Å². The van der Waals surface area contributed by atoms with Crippen molar-refractivity contribution in [3.63, 3.8) is 0 Å². The van der Waals surface area contributed by atoms with E-state index >= 15 is 0 Å². The molecule has 0 spiro atoms. The average molecular weight is 167 g/mol. The van der Waals surface area contributed by atoms with Gasteiger partial charge in [-0.05, 0) is 26.4 Å². The van der Waals surface area contributed by atoms with Gasteiger partial charge in [0.2, 0.25) is 0 Å². The van der Waals surface area contributed by atoms with Gasteiger partial charge < -0.3 is 9.90 Å². The van der Waals surface area contributed by atoms with Gasteiger partial charge in [-0.3, -0.25) is 4.90 Å². The summed E-state index contributed by atoms with van der Waals surface area (Å²) in [6.07, 6.45) is 7.25. The molecule has 3 heteroatoms. The van der Waals surface area contributed by atoms with Gasteiger partial charge in [0.15, 0.2) is 0 Å². The number of terminal acetylenes is 1. The summed E-state index contributed by atoms with van der Waals surface area (Å²) >= 11 is 0. The molecule has 0 bridgehead atoms. The quantitative estimate of drug-likeness (QED) is 0.428. The second-order valence-corrected chi connectivity index (χ2v) is 3.23. The minimum atomic E-state index is -1.26. The van der Waals surface area contributed by atoms with Crippen molar-refractivity contribution >= 4 is 6.29 Å². The minimum absolute atomic E-state index is 0.511. The summed E-state index contributed by atoms with van der Waals surface area (Å²) in [6, 6.07) is -0.545. The molecule has 2 unspecified atom stereocenters. The van der Waals surface area contributed by atoms with Gasteiger partial charge in [-0.1, -0.05) is 5.92 Å². The molecule has 2 atom stereocenters. The van der Waals surface area contributed by atoms with Crippen molar-refractivity contribution in [2.24, 2.45) is 0 Å². The second kappa shape index (κ2) is 3.26. The number of hydrogen-bond donors (Lipinski definition) is 1. The molecule has 1 heterocycles. The number of likely N-dealkylation sites (tertiary alicyclic amines) is 1. The summed E-state index contributed by atoms with van der Waals surface area (Å²) in [4.78, 5) is 12.4. The van der Waals surface area contributed by atoms with Crippen LogP contribution in [0, 0.1) is 12.3 Å². The number of carbonyl (C=O) groups excluding carboxylic acids is 1. The summed E-state index contributed by atoms with van der Waals surface area (Å²) in [5.74, 6) is 2.29. The topological polar surface area (TPSA) is 40.5 Å². The fourth-order valence-corrected chi connectivity index (χ4v) is 1.62. The fraction of sp³-hybridized carbons (Fsp3) is 0.667. The van der Waals surface area contributed by atoms with Gasteiger partial charge >= 0.3 is 0 Å². The monoisotopic (exact) mass is 167 g/mol. The first-order chi connectivity index (χ1) is 5.64. The number of nitrogens with zero attached hydrogens (tertiary/aromatic N) is 1. The van der Waals surface area contributed by atoms with Crippen LogP contribution < -0.4 is 0 Å². The maximum Gasteiger partial charge on any atom is 0.147 e. The van der Waals surface area contributed by atoms with Gasteiger partial charge in [0.25, 0.3) is 0 Å². The van der Waals surface area contributed by atoms with Crippen LogP contribution in [0.2, 0.25) is 0 Å². The second-order valence-electron chi connectivity index (χ2n) is 3.23. The van der Waals surface area contributed by atoms with E-state index < -0.39 is 11.6 Å². The third kappa shape index (κ3) is 1.36. The zero-order valence-electron chi connectivity index (χ0n) is 7.16. The molecule has 0 amide bonds. The maximum atomic E-state index is 10.6. The van der Waals surface area contributed by atoms with E-state index in [0.29, 0.717) is 6.42 Å². The molecule has 0 aromatic carbocycles. The Kier molecular flexibility index (Phi) is 2.51. The third-order valence-corrected chi connectivity index (χ3v) is 2.41. The Hall–Kier alpha value is -0.850. The number of piperidine rings is 1. The van der Waals surface area contributed by atoms with Gasteiger partial charge in [-0.2, -0.15) is 0 Å². The number of likely N-dealkylation sites (N-methyl/N-ethyl adjacent to an activating group) is 1. The van der Waals surface area contributed by atoms with E-state index in [2.05, 4.69) is 5.92 Å². The van der Waals surface area contributed by atoms with Crippen molar-refractivity contribution in [3.8, 4) is 12.3 Å². The fourth-order valence-electron chi connectivity index (χ4n) is 1.62. The Morgan fingerprint density at radius 1 is 1.83 bits per heavy atom. The van der Waals surface area contributed by atoms with Crippen molar-refractivity contribution in [3.05, 3.63) is 0 Å². The third-order valence-electron chi connectivity index (χ3n) is 2.41. The van der Waals surface area contributed by atoms with Crippen LogP contribution in [0.5, 0.6) is 0 Å². The predicted molar refractivity (Wildman–Crippen MR) is 45.5 cm³/mol. The molecule has 0 saturated carbocycles. The van der Waals surface area contributed by atoms with Crippen LogP contribution in [0.1, 0.15) is 12.8 Å². The Balaban J connectivity index is 2.86. The van der Waals surface area contributed by atoms with Gasteiger partial charge in [0.05, 0.1) is 0 Å². The van der Waals surface area contributed by atoms with Gasteiger partial charge in [0.1, 0.15) is 17.9 Å². The SMILES string of the molecule is C#CC1(O)CCCN(C)C1C=O. The van der Waals surface area contributed by atoms with E-state index in [-0.39, 0.29) is 0 Å². The van der Waals surface area contributed by atoms with Crippen LogP contribution in [0.4, 0.5) is 0 Å². The van der Waals surface area contributed by atoms with E-state index in [0.717, 1.165) is 19.3 Å². The van der Waals surface area contributed by atoms with Crippen LogP contribution in [0.15, 0.2) is 0 Å². The molecule has 1 N–H and O–H groups in total. The maximum absolute atomic E-state index is 10.6. The van der Waals surface area contributed by atoms with Gasteiger partial charge in [0, 0.05) is 0 Å². The molecule has 1 fully saturated rings. The van der Waals surface area contributed by atoms with E-state index in [1.165, 1.54) is 0 Å². The van der Waals surface area contributed by atoms with Gasteiger partial charge in [-0.15, -0.1) is 6.42 Å². The van der Waals surface area contributed by atoms with Crippen molar-refractivity contribution in [1.29, 1.82) is 0 Å². The highest BCUT2D eigenvalue weighted by atomic mass is 16.3. The van der Waals surface area contributed by atoms with E-state index in [1.54, 1.807) is 11.9 Å². The zero-order chi connectivity index (χ0) is 9.19. The molecule has 1 aliphatic heterocycles. The Morgan fingerprint density at radius 2 is 2.50 bits per heavy atom. The first-order valence-electron chi connectivity index (χ1n) is 4.00. The van der Waals surface area contributed by atoms with E-state index in [9.17, 15) is 9.90 Å². The molecule has 3 nitrogen and oxygen atoms in total. The highest BCUT2D eigenvalue weighted by Gasteiger charge is 2.40. The normalized spacial score (nSPS) is 37.2. The number of aliphatic hydroxyl groups is 1. The Morgan fingerprint density at radius 3 is 2.92 bits per heavy atom. The Labute approximate surface area is 72.4 Å². The summed E-state index contributed by atoms with van der Waals surface area (Å²) in [6.45, 7) is 0.813. The van der Waals surface area contributed by atoms with Crippen LogP contribution in [-0.4, -0.2) is 41.5 Å². The summed E-state index contributed by atoms with van der Waals surface area (Å²) < 4.78 is 0. The van der Waals surface area contributed by atoms with Crippen LogP contribution in [0.3, 0.4) is 0 Å². The molecule has 1 saturated heterocycles. The predicted octanol–water partition coefficient (Wildman–Crippen LogP) is -0.356. The van der Waals surface area contributed by atoms with Crippen molar-refractivity contribution in [1.82, 2.24) is 4.90 Å². The lowest BCUT2D eigenvalue weighted by atomic mass is 9.86. The molecule has 0 radical (unpaired) electrons. The highest BCUT2D eigenvalue weighted by molar-refractivity contribution is 5.62. The molecule has 66 valence electrons. The molecular formula is C9H13NO2. The molecule has 1 aliphatic rings. The molecular weight excluding hydrogens is 154 g/mol. The summed E-state index contributed by atoms with van der Waals surface area (Å²) in [7, 11) is 1.79. The minimum Gasteiger partial charge on any atom is -0.375 e. The van der Waals surface area contributed by atoms with Crippen molar-refractivity contribution in [2.45, 2.75) is 24.5 Å². The first-order valence-corrected chi connectivity index (χ1v) is 4.00. The number of aldehydes is 1. The molecule has 1 rings (SSSR count). The average Bonchev–Trinajstić information content (AvgIpc) is 2.05. The van der Waals surface area contributed by atoms with Crippen LogP contribution in [-0.2, 0) is 4.79 Å². The standard InChI is InChI=1S/C9H13NO2/c1-3-9(12)5-4-6-10(2)8(9)7-11/h1,7-8,12H,4-6H2,2H3. The Bertz CT molecular complexity index is 221. The highest BCUT2D eigenvalue weighted by Crippen LogP contribution is 2.24. The zero-order valence-corrected chi connectivity index (χ0v) is 7.16. The van der Waals surface area contributed by atoms with E-state index in [4.69, 9.17) is 6.42 Å². The van der Waals surface area contributed by atoms with E-state index in [1.807, 2.05) is 0 Å². The lowest BCUT2D eigenvalue weighted by Crippen LogP contribution is -2.55.